The molecule has 0 radical (unpaired) electrons. The van der Waals surface area contributed by atoms with Crippen LogP contribution in [0, 0.1) is 12.8 Å². The van der Waals surface area contributed by atoms with E-state index in [1.807, 2.05) is 31.2 Å². The van der Waals surface area contributed by atoms with Crippen LogP contribution in [0.15, 0.2) is 58.5 Å². The van der Waals surface area contributed by atoms with E-state index in [4.69, 9.17) is 9.98 Å². The van der Waals surface area contributed by atoms with Gasteiger partial charge >= 0.3 is 6.03 Å². The third-order valence-electron chi connectivity index (χ3n) is 6.60. The Morgan fingerprint density at radius 2 is 1.84 bits per heavy atom. The number of hydrogen-bond acceptors (Lipinski definition) is 4. The predicted octanol–water partition coefficient (Wildman–Crippen LogP) is 5.13. The molecule has 0 unspecified atom stereocenters. The number of aryl methyl sites for hydroxylation is 1. The van der Waals surface area contributed by atoms with Crippen LogP contribution in [-0.2, 0) is 0 Å². The average molecular weight is 430 g/mol. The molecule has 2 heterocycles. The fourth-order valence-corrected chi connectivity index (χ4v) is 5.14. The maximum Gasteiger partial charge on any atom is 0.321 e. The molecule has 2 aromatic rings. The number of rotatable bonds is 3. The highest BCUT2D eigenvalue weighted by Crippen LogP contribution is 2.35. The molecule has 3 aliphatic rings. The molecule has 1 saturated carbocycles. The van der Waals surface area contributed by atoms with E-state index in [1.54, 1.807) is 0 Å². The molecule has 0 spiro atoms. The minimum atomic E-state index is -0.505. The fourth-order valence-electron chi connectivity index (χ4n) is 5.14. The molecule has 0 aromatic heterocycles. The summed E-state index contributed by atoms with van der Waals surface area (Å²) >= 11 is 0. The number of nitrogens with one attached hydrogen (secondary N) is 2. The van der Waals surface area contributed by atoms with Gasteiger partial charge in [-0.1, -0.05) is 49.6 Å². The van der Waals surface area contributed by atoms with Crippen molar-refractivity contribution in [2.75, 3.05) is 16.8 Å². The number of carbonyl (C=O) groups excluding carboxylic acids is 1. The molecule has 1 aliphatic carbocycles. The van der Waals surface area contributed by atoms with Crippen LogP contribution in [0.5, 0.6) is 0 Å². The highest BCUT2D eigenvalue weighted by molar-refractivity contribution is 6.16. The summed E-state index contributed by atoms with van der Waals surface area (Å²) in [5, 5.41) is 6.08. The molecule has 2 aliphatic heterocycles. The van der Waals surface area contributed by atoms with Gasteiger partial charge in [0.25, 0.3) is 0 Å². The number of amidine groups is 1. The van der Waals surface area contributed by atoms with Crippen LogP contribution >= 0.6 is 0 Å². The summed E-state index contributed by atoms with van der Waals surface area (Å²) < 4.78 is 0. The molecule has 6 nitrogen and oxygen atoms in total. The molecule has 166 valence electrons. The number of fused-ring (bicyclic) bond motifs is 3. The number of carbonyl (C=O) groups is 1. The highest BCUT2D eigenvalue weighted by Gasteiger charge is 2.37. The number of urea groups is 1. The second-order valence-corrected chi connectivity index (χ2v) is 9.18. The van der Waals surface area contributed by atoms with Crippen LogP contribution in [0.1, 0.15) is 50.2 Å². The van der Waals surface area contributed by atoms with E-state index in [-0.39, 0.29) is 12.1 Å². The summed E-state index contributed by atoms with van der Waals surface area (Å²) in [6.07, 6.45) is 5.56. The molecule has 32 heavy (non-hydrogen) atoms. The molecule has 2 aromatic carbocycles. The number of anilines is 2. The Kier molecular flexibility index (Phi) is 5.68. The van der Waals surface area contributed by atoms with Crippen LogP contribution < -0.4 is 15.5 Å². The SMILES string of the molecule is Cc1cccc(NC(=O)N[C@H]2N=C(C3CCCCC3)c3ccccc3N3C[C@H](C)N=C23)c1. The van der Waals surface area contributed by atoms with Crippen molar-refractivity contribution < 1.29 is 4.79 Å². The highest BCUT2D eigenvalue weighted by atomic mass is 16.2. The Balaban J connectivity index is 1.50. The summed E-state index contributed by atoms with van der Waals surface area (Å²) in [4.78, 5) is 25.3. The van der Waals surface area contributed by atoms with E-state index >= 15 is 0 Å². The Morgan fingerprint density at radius 1 is 1.03 bits per heavy atom. The fraction of sp³-hybridized carbons (Fsp3) is 0.423. The zero-order chi connectivity index (χ0) is 22.1. The van der Waals surface area contributed by atoms with Crippen LogP contribution in [0.25, 0.3) is 0 Å². The number of para-hydroxylation sites is 1. The summed E-state index contributed by atoms with van der Waals surface area (Å²) in [5.74, 6) is 1.25. The Labute approximate surface area is 189 Å². The van der Waals surface area contributed by atoms with Crippen molar-refractivity contribution in [3.05, 3.63) is 59.7 Å². The lowest BCUT2D eigenvalue weighted by molar-refractivity contribution is 0.251. The van der Waals surface area contributed by atoms with Crippen molar-refractivity contribution in [3.8, 4) is 0 Å². The van der Waals surface area contributed by atoms with Gasteiger partial charge in [-0.2, -0.15) is 0 Å². The van der Waals surface area contributed by atoms with E-state index in [9.17, 15) is 4.79 Å². The molecule has 0 saturated heterocycles. The van der Waals surface area contributed by atoms with Gasteiger partial charge in [-0.3, -0.25) is 9.98 Å². The van der Waals surface area contributed by atoms with E-state index < -0.39 is 6.17 Å². The normalized spacial score (nSPS) is 22.9. The minimum Gasteiger partial charge on any atom is -0.324 e. The number of aliphatic imine (C=N–C) groups is 2. The van der Waals surface area contributed by atoms with Crippen LogP contribution in [0.4, 0.5) is 16.2 Å². The second-order valence-electron chi connectivity index (χ2n) is 9.18. The van der Waals surface area contributed by atoms with Crippen molar-refractivity contribution in [2.24, 2.45) is 15.9 Å². The van der Waals surface area contributed by atoms with Gasteiger partial charge in [0.2, 0.25) is 0 Å². The van der Waals surface area contributed by atoms with Gasteiger partial charge in [0.15, 0.2) is 6.17 Å². The van der Waals surface area contributed by atoms with Gasteiger partial charge in [0.1, 0.15) is 5.84 Å². The zero-order valence-corrected chi connectivity index (χ0v) is 18.8. The molecular weight excluding hydrogens is 398 g/mol. The van der Waals surface area contributed by atoms with E-state index in [0.29, 0.717) is 5.92 Å². The Hall–Kier alpha value is -3.15. The van der Waals surface area contributed by atoms with Crippen molar-refractivity contribution in [2.45, 2.75) is 58.2 Å². The average Bonchev–Trinajstić information content (AvgIpc) is 3.13. The van der Waals surface area contributed by atoms with Crippen molar-refractivity contribution in [1.29, 1.82) is 0 Å². The second kappa shape index (κ2) is 8.77. The monoisotopic (exact) mass is 429 g/mol. The first-order valence-electron chi connectivity index (χ1n) is 11.7. The van der Waals surface area contributed by atoms with Crippen molar-refractivity contribution in [1.82, 2.24) is 5.32 Å². The molecule has 2 amide bonds. The van der Waals surface area contributed by atoms with Gasteiger partial charge in [0, 0.05) is 23.7 Å². The number of nitrogens with zero attached hydrogens (tertiary/aromatic N) is 3. The van der Waals surface area contributed by atoms with E-state index in [1.165, 1.54) is 24.8 Å². The number of amides is 2. The van der Waals surface area contributed by atoms with Gasteiger partial charge in [0.05, 0.1) is 17.4 Å². The summed E-state index contributed by atoms with van der Waals surface area (Å²) in [7, 11) is 0. The molecule has 6 heteroatoms. The maximum atomic E-state index is 13.0. The number of hydrogen-bond donors (Lipinski definition) is 2. The zero-order valence-electron chi connectivity index (χ0n) is 18.8. The van der Waals surface area contributed by atoms with Gasteiger partial charge in [-0.05, 0) is 50.5 Å². The largest absolute Gasteiger partial charge is 0.324 e. The first-order valence-corrected chi connectivity index (χ1v) is 11.7. The predicted molar refractivity (Wildman–Crippen MR) is 131 cm³/mol. The minimum absolute atomic E-state index is 0.161. The van der Waals surface area contributed by atoms with Crippen LogP contribution in [-0.4, -0.2) is 36.3 Å². The molecule has 1 fully saturated rings. The van der Waals surface area contributed by atoms with E-state index in [0.717, 1.165) is 47.9 Å². The van der Waals surface area contributed by atoms with Gasteiger partial charge < -0.3 is 15.5 Å². The van der Waals surface area contributed by atoms with E-state index in [2.05, 4.69) is 46.7 Å². The summed E-state index contributed by atoms with van der Waals surface area (Å²) in [5.41, 5.74) is 5.33. The lowest BCUT2D eigenvalue weighted by atomic mass is 9.83. The molecule has 2 atom stereocenters. The smallest absolute Gasteiger partial charge is 0.321 e. The Morgan fingerprint density at radius 3 is 2.66 bits per heavy atom. The Bertz CT molecular complexity index is 1070. The maximum absolute atomic E-state index is 13.0. The summed E-state index contributed by atoms with van der Waals surface area (Å²) in [6.45, 7) is 4.93. The molecule has 2 N–H and O–H groups in total. The third-order valence-corrected chi connectivity index (χ3v) is 6.60. The lowest BCUT2D eigenvalue weighted by Crippen LogP contribution is -2.47. The first-order chi connectivity index (χ1) is 15.6. The molecule has 5 rings (SSSR count). The summed E-state index contributed by atoms with van der Waals surface area (Å²) in [6, 6.07) is 16.2. The first kappa shape index (κ1) is 20.7. The third kappa shape index (κ3) is 4.14. The van der Waals surface area contributed by atoms with Gasteiger partial charge in [-0.15, -0.1) is 0 Å². The van der Waals surface area contributed by atoms with Crippen LogP contribution in [0.2, 0.25) is 0 Å². The molecule has 0 bridgehead atoms. The van der Waals surface area contributed by atoms with Crippen molar-refractivity contribution >= 4 is 29.0 Å². The number of benzene rings is 2. The standard InChI is InChI=1S/C26H31N5O/c1-17-9-8-12-20(15-17)28-26(32)30-24-25-27-18(2)16-31(25)22-14-7-6-13-21(22)23(29-24)19-10-4-3-5-11-19/h6-9,12-15,18-19,24H,3-5,10-11,16H2,1-2H3,(H2,28,30,32)/t18-,24+/m0/s1. The van der Waals surface area contributed by atoms with Crippen molar-refractivity contribution in [3.63, 3.8) is 0 Å². The quantitative estimate of drug-likeness (QED) is 0.710. The molecular formula is C26H31N5O. The lowest BCUT2D eigenvalue weighted by Gasteiger charge is -2.25. The topological polar surface area (TPSA) is 69.1 Å². The van der Waals surface area contributed by atoms with Gasteiger partial charge in [-0.25, -0.2) is 4.79 Å². The van der Waals surface area contributed by atoms with Crippen LogP contribution in [0.3, 0.4) is 0 Å².